The molecule has 2 aliphatic rings. The third-order valence-corrected chi connectivity index (χ3v) is 6.53. The predicted molar refractivity (Wildman–Crippen MR) is 97.5 cm³/mol. The summed E-state index contributed by atoms with van der Waals surface area (Å²) in [6.07, 6.45) is 6.95. The van der Waals surface area contributed by atoms with E-state index in [9.17, 15) is 9.59 Å². The molecule has 0 radical (unpaired) electrons. The monoisotopic (exact) mass is 343 g/mol. The average Bonchev–Trinajstić information content (AvgIpc) is 3.11. The third-order valence-electron chi connectivity index (χ3n) is 6.53. The number of carbonyl (C=O) groups excluding carboxylic acids is 2. The topological polar surface area (TPSA) is 46.6 Å². The van der Waals surface area contributed by atoms with Gasteiger partial charge in [0.05, 0.1) is 11.1 Å². The van der Waals surface area contributed by atoms with Gasteiger partial charge in [-0.05, 0) is 74.6 Å². The molecule has 25 heavy (non-hydrogen) atoms. The standard InChI is InChI=1S/C21H29NO3/c1-5-21-10-6-7-17(21)8-11-22(21)25-20(24)19-15(3)13-14(2)18(9-12-23)16(19)4/h12-13,17H,5-11H2,1-4H3. The van der Waals surface area contributed by atoms with E-state index in [1.807, 2.05) is 31.9 Å². The van der Waals surface area contributed by atoms with Crippen LogP contribution in [0.5, 0.6) is 0 Å². The van der Waals surface area contributed by atoms with Gasteiger partial charge in [0, 0.05) is 13.0 Å². The Morgan fingerprint density at radius 1 is 1.32 bits per heavy atom. The Balaban J connectivity index is 1.89. The van der Waals surface area contributed by atoms with Crippen molar-refractivity contribution in [2.75, 3.05) is 6.54 Å². The molecule has 2 fully saturated rings. The third kappa shape index (κ3) is 2.91. The molecular formula is C21H29NO3. The van der Waals surface area contributed by atoms with Gasteiger partial charge in [-0.3, -0.25) is 0 Å². The summed E-state index contributed by atoms with van der Waals surface area (Å²) >= 11 is 0. The summed E-state index contributed by atoms with van der Waals surface area (Å²) in [7, 11) is 0. The SMILES string of the molecule is CCC12CCCC1CCN2OC(=O)c1c(C)cc(C)c(CC=O)c1C. The maximum Gasteiger partial charge on any atom is 0.357 e. The second-order valence-electron chi connectivity index (χ2n) is 7.68. The molecule has 0 bridgehead atoms. The van der Waals surface area contributed by atoms with Crippen molar-refractivity contribution in [2.45, 2.75) is 71.8 Å². The van der Waals surface area contributed by atoms with Crippen molar-refractivity contribution in [3.63, 3.8) is 0 Å². The summed E-state index contributed by atoms with van der Waals surface area (Å²) in [6, 6.07) is 1.99. The predicted octanol–water partition coefficient (Wildman–Crippen LogP) is 4.08. The van der Waals surface area contributed by atoms with Crippen molar-refractivity contribution in [3.05, 3.63) is 33.9 Å². The Kier molecular flexibility index (Phi) is 5.01. The Morgan fingerprint density at radius 2 is 2.08 bits per heavy atom. The molecule has 1 saturated carbocycles. The van der Waals surface area contributed by atoms with Gasteiger partial charge >= 0.3 is 5.97 Å². The molecule has 4 nitrogen and oxygen atoms in total. The molecule has 1 aliphatic heterocycles. The molecule has 3 rings (SSSR count). The summed E-state index contributed by atoms with van der Waals surface area (Å²) in [5, 5.41) is 1.98. The van der Waals surface area contributed by atoms with Crippen LogP contribution in [0.25, 0.3) is 0 Å². The largest absolute Gasteiger partial charge is 0.363 e. The Bertz CT molecular complexity index is 697. The molecule has 0 amide bonds. The molecule has 1 aliphatic carbocycles. The molecule has 2 unspecified atom stereocenters. The van der Waals surface area contributed by atoms with Gasteiger partial charge in [-0.15, -0.1) is 5.06 Å². The zero-order chi connectivity index (χ0) is 18.2. The van der Waals surface area contributed by atoms with E-state index in [2.05, 4.69) is 6.92 Å². The van der Waals surface area contributed by atoms with Gasteiger partial charge in [0.15, 0.2) is 0 Å². The highest BCUT2D eigenvalue weighted by Crippen LogP contribution is 2.49. The zero-order valence-electron chi connectivity index (χ0n) is 15.9. The first-order valence-corrected chi connectivity index (χ1v) is 9.47. The van der Waals surface area contributed by atoms with E-state index in [0.29, 0.717) is 17.9 Å². The summed E-state index contributed by atoms with van der Waals surface area (Å²) < 4.78 is 0. The number of rotatable bonds is 5. The van der Waals surface area contributed by atoms with Crippen molar-refractivity contribution in [1.29, 1.82) is 0 Å². The van der Waals surface area contributed by atoms with Crippen LogP contribution in [0.2, 0.25) is 0 Å². The highest BCUT2D eigenvalue weighted by molar-refractivity contribution is 5.93. The molecule has 0 N–H and O–H groups in total. The summed E-state index contributed by atoms with van der Waals surface area (Å²) in [6.45, 7) is 8.89. The van der Waals surface area contributed by atoms with Crippen LogP contribution in [-0.4, -0.2) is 29.4 Å². The smallest absolute Gasteiger partial charge is 0.357 e. The number of aryl methyl sites for hydroxylation is 2. The van der Waals surface area contributed by atoms with Gasteiger partial charge in [0.2, 0.25) is 0 Å². The quantitative estimate of drug-likeness (QED) is 0.756. The van der Waals surface area contributed by atoms with Gasteiger partial charge in [-0.2, -0.15) is 0 Å². The number of fused-ring (bicyclic) bond motifs is 1. The molecule has 4 heteroatoms. The lowest BCUT2D eigenvalue weighted by Crippen LogP contribution is -2.45. The number of aldehydes is 1. The molecule has 1 saturated heterocycles. The zero-order valence-corrected chi connectivity index (χ0v) is 15.9. The van der Waals surface area contributed by atoms with E-state index in [0.717, 1.165) is 54.3 Å². The highest BCUT2D eigenvalue weighted by atomic mass is 16.7. The van der Waals surface area contributed by atoms with Crippen molar-refractivity contribution in [3.8, 4) is 0 Å². The number of carbonyl (C=O) groups is 2. The van der Waals surface area contributed by atoms with Crippen LogP contribution in [0.15, 0.2) is 6.07 Å². The van der Waals surface area contributed by atoms with Gasteiger partial charge in [-0.25, -0.2) is 4.79 Å². The molecule has 2 atom stereocenters. The van der Waals surface area contributed by atoms with E-state index in [-0.39, 0.29) is 11.5 Å². The van der Waals surface area contributed by atoms with Crippen LogP contribution in [0.3, 0.4) is 0 Å². The van der Waals surface area contributed by atoms with Crippen molar-refractivity contribution < 1.29 is 14.4 Å². The molecular weight excluding hydrogens is 314 g/mol. The van der Waals surface area contributed by atoms with Crippen molar-refractivity contribution in [2.24, 2.45) is 5.92 Å². The fraction of sp³-hybridized carbons (Fsp3) is 0.619. The van der Waals surface area contributed by atoms with Gasteiger partial charge in [0.25, 0.3) is 0 Å². The second-order valence-corrected chi connectivity index (χ2v) is 7.68. The normalized spacial score (nSPS) is 25.8. The van der Waals surface area contributed by atoms with Gasteiger partial charge < -0.3 is 9.63 Å². The lowest BCUT2D eigenvalue weighted by molar-refractivity contribution is -0.162. The minimum absolute atomic E-state index is 0.0355. The first kappa shape index (κ1) is 18.1. The molecule has 1 aromatic rings. The van der Waals surface area contributed by atoms with Crippen LogP contribution in [0.4, 0.5) is 0 Å². The second kappa shape index (κ2) is 6.91. The molecule has 1 heterocycles. The van der Waals surface area contributed by atoms with Gasteiger partial charge in [-0.1, -0.05) is 19.4 Å². The summed E-state index contributed by atoms with van der Waals surface area (Å²) in [4.78, 5) is 30.0. The van der Waals surface area contributed by atoms with E-state index >= 15 is 0 Å². The van der Waals surface area contributed by atoms with E-state index in [1.54, 1.807) is 0 Å². The van der Waals surface area contributed by atoms with Crippen LogP contribution in [0, 0.1) is 26.7 Å². The summed E-state index contributed by atoms with van der Waals surface area (Å²) in [5.41, 5.74) is 4.45. The lowest BCUT2D eigenvalue weighted by Gasteiger charge is -2.36. The first-order chi connectivity index (χ1) is 11.9. The number of benzene rings is 1. The van der Waals surface area contributed by atoms with Crippen LogP contribution in [0.1, 0.15) is 71.6 Å². The number of nitrogens with zero attached hydrogens (tertiary/aromatic N) is 1. The fourth-order valence-corrected chi connectivity index (χ4v) is 5.23. The molecule has 1 aromatic carbocycles. The van der Waals surface area contributed by atoms with Crippen LogP contribution < -0.4 is 0 Å². The molecule has 0 spiro atoms. The minimum atomic E-state index is -0.275. The van der Waals surface area contributed by atoms with E-state index in [1.165, 1.54) is 12.8 Å². The van der Waals surface area contributed by atoms with E-state index in [4.69, 9.17) is 4.84 Å². The Hall–Kier alpha value is -1.68. The number of hydrogen-bond donors (Lipinski definition) is 0. The lowest BCUT2D eigenvalue weighted by atomic mass is 9.86. The maximum absolute atomic E-state index is 13.0. The maximum atomic E-state index is 13.0. The van der Waals surface area contributed by atoms with Crippen LogP contribution in [-0.2, 0) is 16.1 Å². The minimum Gasteiger partial charge on any atom is -0.363 e. The molecule has 136 valence electrons. The Labute approximate surface area is 150 Å². The average molecular weight is 343 g/mol. The number of hydroxylamine groups is 2. The first-order valence-electron chi connectivity index (χ1n) is 9.47. The highest BCUT2D eigenvalue weighted by Gasteiger charge is 2.52. The van der Waals surface area contributed by atoms with Crippen LogP contribution >= 0.6 is 0 Å². The van der Waals surface area contributed by atoms with Gasteiger partial charge in [0.1, 0.15) is 6.29 Å². The van der Waals surface area contributed by atoms with Crippen molar-refractivity contribution in [1.82, 2.24) is 5.06 Å². The fourth-order valence-electron chi connectivity index (χ4n) is 5.23. The molecule has 0 aromatic heterocycles. The van der Waals surface area contributed by atoms with Crippen molar-refractivity contribution >= 4 is 12.3 Å². The summed E-state index contributed by atoms with van der Waals surface area (Å²) in [5.74, 6) is 0.374. The van der Waals surface area contributed by atoms with E-state index < -0.39 is 0 Å². The Morgan fingerprint density at radius 3 is 2.76 bits per heavy atom. The number of hydrogen-bond acceptors (Lipinski definition) is 4.